The monoisotopic (exact) mass is 340 g/mol. The third-order valence-corrected chi connectivity index (χ3v) is 4.75. The van der Waals surface area contributed by atoms with Gasteiger partial charge in [-0.05, 0) is 31.2 Å². The van der Waals surface area contributed by atoms with E-state index in [0.717, 1.165) is 39.0 Å². The van der Waals surface area contributed by atoms with Crippen molar-refractivity contribution in [2.75, 3.05) is 5.73 Å². The third-order valence-electron chi connectivity index (χ3n) is 3.64. The molecule has 3 heterocycles. The molecule has 0 bridgehead atoms. The lowest BCUT2D eigenvalue weighted by Crippen LogP contribution is -1.90. The Morgan fingerprint density at radius 3 is 2.87 bits per heavy atom. The van der Waals surface area contributed by atoms with Crippen molar-refractivity contribution in [1.29, 1.82) is 0 Å². The van der Waals surface area contributed by atoms with Gasteiger partial charge in [-0.1, -0.05) is 23.7 Å². The van der Waals surface area contributed by atoms with Crippen LogP contribution in [0.2, 0.25) is 5.02 Å². The number of nitrogens with two attached hydrogens (primary N) is 1. The van der Waals surface area contributed by atoms with Gasteiger partial charge in [-0.15, -0.1) is 11.3 Å². The summed E-state index contributed by atoms with van der Waals surface area (Å²) in [6, 6.07) is 11.5. The van der Waals surface area contributed by atoms with E-state index in [2.05, 4.69) is 4.98 Å². The molecule has 0 radical (unpaired) electrons. The van der Waals surface area contributed by atoms with Gasteiger partial charge in [0.1, 0.15) is 16.3 Å². The predicted octanol–water partition coefficient (Wildman–Crippen LogP) is 4.67. The van der Waals surface area contributed by atoms with Gasteiger partial charge in [0.05, 0.1) is 16.4 Å². The number of rotatable bonds is 2. The quantitative estimate of drug-likeness (QED) is 0.539. The second-order valence-corrected chi connectivity index (χ2v) is 6.58. The molecule has 1 aromatic carbocycles. The molecule has 0 aliphatic rings. The second-order valence-electron chi connectivity index (χ2n) is 5.28. The molecule has 3 aromatic heterocycles. The SMILES string of the molecule is Cc1nc2ccc(Cl)cn2c1-c1csc(-c2cccc(N)c2)n1. The van der Waals surface area contributed by atoms with Crippen molar-refractivity contribution in [2.24, 2.45) is 0 Å². The van der Waals surface area contributed by atoms with Crippen molar-refractivity contribution in [3.05, 3.63) is 58.7 Å². The smallest absolute Gasteiger partial charge is 0.137 e. The lowest BCUT2D eigenvalue weighted by atomic mass is 10.2. The first-order valence-electron chi connectivity index (χ1n) is 7.08. The Bertz CT molecular complexity index is 1020. The van der Waals surface area contributed by atoms with Gasteiger partial charge in [0.15, 0.2) is 0 Å². The number of nitrogen functional groups attached to an aromatic ring is 1. The van der Waals surface area contributed by atoms with E-state index in [0.29, 0.717) is 5.02 Å². The van der Waals surface area contributed by atoms with Crippen LogP contribution in [0.25, 0.3) is 27.6 Å². The number of hydrogen-bond acceptors (Lipinski definition) is 4. The molecular formula is C17H13ClN4S. The number of pyridine rings is 1. The average molecular weight is 341 g/mol. The largest absolute Gasteiger partial charge is 0.399 e. The fraction of sp³-hybridized carbons (Fsp3) is 0.0588. The van der Waals surface area contributed by atoms with E-state index < -0.39 is 0 Å². The fourth-order valence-electron chi connectivity index (χ4n) is 2.63. The minimum Gasteiger partial charge on any atom is -0.399 e. The van der Waals surface area contributed by atoms with Crippen LogP contribution in [0.5, 0.6) is 0 Å². The average Bonchev–Trinajstić information content (AvgIpc) is 3.10. The van der Waals surface area contributed by atoms with Crippen molar-refractivity contribution in [1.82, 2.24) is 14.4 Å². The number of aromatic nitrogens is 3. The van der Waals surface area contributed by atoms with Crippen LogP contribution in [0.4, 0.5) is 5.69 Å². The summed E-state index contributed by atoms with van der Waals surface area (Å²) in [4.78, 5) is 9.34. The van der Waals surface area contributed by atoms with Crippen LogP contribution in [0.1, 0.15) is 5.69 Å². The maximum atomic E-state index is 6.13. The standard InChI is InChI=1S/C17H13ClN4S/c1-10-16(22-8-12(18)5-6-15(22)20-10)14-9-23-17(21-14)11-3-2-4-13(19)7-11/h2-9H,19H2,1H3. The highest BCUT2D eigenvalue weighted by molar-refractivity contribution is 7.13. The van der Waals surface area contributed by atoms with Gasteiger partial charge < -0.3 is 5.73 Å². The van der Waals surface area contributed by atoms with Crippen LogP contribution >= 0.6 is 22.9 Å². The normalized spacial score (nSPS) is 11.2. The Kier molecular flexibility index (Phi) is 3.32. The summed E-state index contributed by atoms with van der Waals surface area (Å²) in [5.41, 5.74) is 11.3. The first kappa shape index (κ1) is 14.2. The Morgan fingerprint density at radius 2 is 2.04 bits per heavy atom. The number of thiazole rings is 1. The molecule has 0 spiro atoms. The molecule has 4 aromatic rings. The summed E-state index contributed by atoms with van der Waals surface area (Å²) in [7, 11) is 0. The van der Waals surface area contributed by atoms with Crippen molar-refractivity contribution >= 4 is 34.3 Å². The number of hydrogen-bond donors (Lipinski definition) is 1. The Labute approximate surface area is 142 Å². The molecule has 23 heavy (non-hydrogen) atoms. The molecule has 0 fully saturated rings. The fourth-order valence-corrected chi connectivity index (χ4v) is 3.59. The van der Waals surface area contributed by atoms with E-state index in [9.17, 15) is 0 Å². The van der Waals surface area contributed by atoms with Gasteiger partial charge in [-0.25, -0.2) is 9.97 Å². The van der Waals surface area contributed by atoms with Crippen molar-refractivity contribution in [3.8, 4) is 22.0 Å². The molecule has 114 valence electrons. The topological polar surface area (TPSA) is 56.2 Å². The number of halogens is 1. The molecule has 0 unspecified atom stereocenters. The van der Waals surface area contributed by atoms with Crippen LogP contribution in [0, 0.1) is 6.92 Å². The zero-order valence-electron chi connectivity index (χ0n) is 12.3. The highest BCUT2D eigenvalue weighted by atomic mass is 35.5. The Balaban J connectivity index is 1.86. The summed E-state index contributed by atoms with van der Waals surface area (Å²) in [6.07, 6.45) is 1.87. The van der Waals surface area contributed by atoms with Gasteiger partial charge in [0.2, 0.25) is 0 Å². The van der Waals surface area contributed by atoms with Crippen LogP contribution in [0.15, 0.2) is 48.0 Å². The van der Waals surface area contributed by atoms with Gasteiger partial charge in [0, 0.05) is 22.8 Å². The van der Waals surface area contributed by atoms with Gasteiger partial charge in [0.25, 0.3) is 0 Å². The minimum atomic E-state index is 0.669. The molecule has 0 atom stereocenters. The number of aryl methyl sites for hydroxylation is 1. The number of anilines is 1. The second kappa shape index (κ2) is 5.37. The first-order chi connectivity index (χ1) is 11.1. The molecule has 4 rings (SSSR count). The number of nitrogens with zero attached hydrogens (tertiary/aromatic N) is 3. The molecule has 0 saturated heterocycles. The molecule has 2 N–H and O–H groups in total. The Morgan fingerprint density at radius 1 is 1.17 bits per heavy atom. The zero-order valence-corrected chi connectivity index (χ0v) is 13.9. The van der Waals surface area contributed by atoms with Crippen LogP contribution in [0.3, 0.4) is 0 Å². The highest BCUT2D eigenvalue weighted by Gasteiger charge is 2.15. The van der Waals surface area contributed by atoms with E-state index in [-0.39, 0.29) is 0 Å². The first-order valence-corrected chi connectivity index (χ1v) is 8.33. The molecule has 0 saturated carbocycles. The minimum absolute atomic E-state index is 0.669. The van der Waals surface area contributed by atoms with Gasteiger partial charge >= 0.3 is 0 Å². The lowest BCUT2D eigenvalue weighted by molar-refractivity contribution is 1.17. The van der Waals surface area contributed by atoms with Crippen molar-refractivity contribution < 1.29 is 0 Å². The molecule has 6 heteroatoms. The van der Waals surface area contributed by atoms with Crippen molar-refractivity contribution in [3.63, 3.8) is 0 Å². The van der Waals surface area contributed by atoms with Crippen LogP contribution in [-0.2, 0) is 0 Å². The zero-order chi connectivity index (χ0) is 16.0. The molecule has 0 amide bonds. The lowest BCUT2D eigenvalue weighted by Gasteiger charge is -2.01. The summed E-state index contributed by atoms with van der Waals surface area (Å²) in [5, 5.41) is 3.64. The van der Waals surface area contributed by atoms with Crippen LogP contribution < -0.4 is 5.73 Å². The summed E-state index contributed by atoms with van der Waals surface area (Å²) < 4.78 is 1.98. The molecule has 4 nitrogen and oxygen atoms in total. The van der Waals surface area contributed by atoms with E-state index in [1.165, 1.54) is 0 Å². The van der Waals surface area contributed by atoms with Gasteiger partial charge in [-0.2, -0.15) is 0 Å². The maximum Gasteiger partial charge on any atom is 0.137 e. The highest BCUT2D eigenvalue weighted by Crippen LogP contribution is 2.32. The van der Waals surface area contributed by atoms with E-state index in [4.69, 9.17) is 22.3 Å². The molecular weight excluding hydrogens is 328 g/mol. The van der Waals surface area contributed by atoms with E-state index in [1.807, 2.05) is 59.3 Å². The number of imidazole rings is 1. The summed E-state index contributed by atoms with van der Waals surface area (Å²) >= 11 is 7.72. The van der Waals surface area contributed by atoms with Crippen LogP contribution in [-0.4, -0.2) is 14.4 Å². The van der Waals surface area contributed by atoms with E-state index in [1.54, 1.807) is 11.3 Å². The molecule has 0 aliphatic carbocycles. The van der Waals surface area contributed by atoms with Crippen molar-refractivity contribution in [2.45, 2.75) is 6.92 Å². The Hall–Kier alpha value is -2.37. The third kappa shape index (κ3) is 2.48. The number of fused-ring (bicyclic) bond motifs is 1. The summed E-state index contributed by atoms with van der Waals surface area (Å²) in [6.45, 7) is 1.98. The van der Waals surface area contributed by atoms with E-state index >= 15 is 0 Å². The summed E-state index contributed by atoms with van der Waals surface area (Å²) in [5.74, 6) is 0. The maximum absolute atomic E-state index is 6.13. The molecule has 0 aliphatic heterocycles. The van der Waals surface area contributed by atoms with Gasteiger partial charge in [-0.3, -0.25) is 4.40 Å². The predicted molar refractivity (Wildman–Crippen MR) is 95.9 cm³/mol. The number of benzene rings is 1.